The van der Waals surface area contributed by atoms with E-state index in [1.165, 1.54) is 12.8 Å². The van der Waals surface area contributed by atoms with E-state index in [-0.39, 0.29) is 5.91 Å². The van der Waals surface area contributed by atoms with Crippen LogP contribution >= 0.6 is 15.9 Å². The van der Waals surface area contributed by atoms with Crippen molar-refractivity contribution in [1.29, 1.82) is 0 Å². The Morgan fingerprint density at radius 1 is 1.19 bits per heavy atom. The minimum Gasteiger partial charge on any atom is -0.370 e. The highest BCUT2D eigenvalue weighted by molar-refractivity contribution is 9.10. The van der Waals surface area contributed by atoms with Crippen LogP contribution in [0, 0.1) is 6.92 Å². The van der Waals surface area contributed by atoms with E-state index in [0.717, 1.165) is 51.1 Å². The number of benzene rings is 2. The summed E-state index contributed by atoms with van der Waals surface area (Å²) in [6, 6.07) is 14.2. The molecule has 26 heavy (non-hydrogen) atoms. The first-order valence-electron chi connectivity index (χ1n) is 9.02. The lowest BCUT2D eigenvalue weighted by Gasteiger charge is -2.21. The summed E-state index contributed by atoms with van der Waals surface area (Å²) in [5.41, 5.74) is 5.18. The van der Waals surface area contributed by atoms with Gasteiger partial charge in [0, 0.05) is 34.2 Å². The molecule has 0 unspecified atom stereocenters. The largest absolute Gasteiger partial charge is 0.370 e. The number of carbonyl (C=O) groups is 1. The van der Waals surface area contributed by atoms with Crippen LogP contribution in [0.1, 0.15) is 24.1 Å². The van der Waals surface area contributed by atoms with E-state index in [9.17, 15) is 4.79 Å². The van der Waals surface area contributed by atoms with Gasteiger partial charge in [-0.25, -0.2) is 0 Å². The highest BCUT2D eigenvalue weighted by Crippen LogP contribution is 2.30. The summed E-state index contributed by atoms with van der Waals surface area (Å²) in [5.74, 6) is 0.0145. The fourth-order valence-corrected chi connectivity index (χ4v) is 4.11. The van der Waals surface area contributed by atoms with Crippen molar-refractivity contribution in [1.82, 2.24) is 4.98 Å². The van der Waals surface area contributed by atoms with Crippen LogP contribution in [0.25, 0.3) is 10.9 Å². The molecule has 5 heteroatoms. The number of para-hydroxylation sites is 2. The van der Waals surface area contributed by atoms with Gasteiger partial charge in [-0.3, -0.25) is 4.79 Å². The summed E-state index contributed by atoms with van der Waals surface area (Å²) in [4.78, 5) is 18.5. The van der Waals surface area contributed by atoms with Gasteiger partial charge in [-0.05, 0) is 55.7 Å². The monoisotopic (exact) mass is 411 g/mol. The zero-order valence-electron chi connectivity index (χ0n) is 14.8. The molecule has 134 valence electrons. The van der Waals surface area contributed by atoms with Gasteiger partial charge in [-0.1, -0.05) is 28.1 Å². The molecule has 1 aliphatic heterocycles. The number of amides is 1. The van der Waals surface area contributed by atoms with E-state index in [4.69, 9.17) is 0 Å². The molecule has 0 radical (unpaired) electrons. The third-order valence-corrected chi connectivity index (χ3v) is 5.54. The van der Waals surface area contributed by atoms with Crippen LogP contribution in [0.15, 0.2) is 46.9 Å². The number of aromatic amines is 1. The molecule has 0 saturated carbocycles. The molecule has 0 aliphatic carbocycles. The standard InChI is InChI=1S/C21H22BrN3O/c1-14-16(17-12-15(22)8-9-18(17)23-14)13-21(26)24-19-6-2-3-7-20(19)25-10-4-5-11-25/h2-3,6-9,12,23H,4-5,10-11,13H2,1H3,(H,24,26). The SMILES string of the molecule is Cc1[nH]c2ccc(Br)cc2c1CC(=O)Nc1ccccc1N1CCCC1. The van der Waals surface area contributed by atoms with Crippen molar-refractivity contribution >= 4 is 44.1 Å². The first kappa shape index (κ1) is 17.2. The molecule has 2 heterocycles. The second-order valence-electron chi connectivity index (χ2n) is 6.85. The maximum absolute atomic E-state index is 12.8. The Balaban J connectivity index is 1.57. The van der Waals surface area contributed by atoms with Crippen molar-refractivity contribution in [3.05, 3.63) is 58.2 Å². The van der Waals surface area contributed by atoms with E-state index in [2.05, 4.69) is 43.3 Å². The summed E-state index contributed by atoms with van der Waals surface area (Å²) in [5, 5.41) is 4.22. The quantitative estimate of drug-likeness (QED) is 0.632. The first-order valence-corrected chi connectivity index (χ1v) is 9.81. The van der Waals surface area contributed by atoms with Crippen molar-refractivity contribution in [2.45, 2.75) is 26.2 Å². The highest BCUT2D eigenvalue weighted by Gasteiger charge is 2.18. The highest BCUT2D eigenvalue weighted by atomic mass is 79.9. The van der Waals surface area contributed by atoms with Crippen LogP contribution in [0.5, 0.6) is 0 Å². The third kappa shape index (κ3) is 3.36. The lowest BCUT2D eigenvalue weighted by atomic mass is 10.1. The van der Waals surface area contributed by atoms with Gasteiger partial charge in [0.25, 0.3) is 0 Å². The Hall–Kier alpha value is -2.27. The molecule has 4 nitrogen and oxygen atoms in total. The zero-order chi connectivity index (χ0) is 18.1. The molecule has 1 fully saturated rings. The molecule has 2 N–H and O–H groups in total. The van der Waals surface area contributed by atoms with Crippen molar-refractivity contribution in [3.63, 3.8) is 0 Å². The Morgan fingerprint density at radius 2 is 1.96 bits per heavy atom. The fourth-order valence-electron chi connectivity index (χ4n) is 3.75. The normalized spacial score (nSPS) is 14.2. The number of H-pyrrole nitrogens is 1. The smallest absolute Gasteiger partial charge is 0.228 e. The molecule has 3 aromatic rings. The Morgan fingerprint density at radius 3 is 2.77 bits per heavy atom. The lowest BCUT2D eigenvalue weighted by Crippen LogP contribution is -2.21. The van der Waals surface area contributed by atoms with E-state index in [1.807, 2.05) is 37.3 Å². The lowest BCUT2D eigenvalue weighted by molar-refractivity contribution is -0.115. The van der Waals surface area contributed by atoms with Gasteiger partial charge in [-0.15, -0.1) is 0 Å². The fraction of sp³-hybridized carbons (Fsp3) is 0.286. The van der Waals surface area contributed by atoms with Crippen LogP contribution < -0.4 is 10.2 Å². The minimum atomic E-state index is 0.0145. The van der Waals surface area contributed by atoms with Gasteiger partial charge in [0.1, 0.15) is 0 Å². The third-order valence-electron chi connectivity index (χ3n) is 5.04. The number of rotatable bonds is 4. The molecule has 1 aliphatic rings. The molecule has 2 aromatic carbocycles. The number of hydrogen-bond donors (Lipinski definition) is 2. The Bertz CT molecular complexity index is 957. The van der Waals surface area contributed by atoms with Gasteiger partial charge in [-0.2, -0.15) is 0 Å². The summed E-state index contributed by atoms with van der Waals surface area (Å²) in [6.45, 7) is 4.14. The zero-order valence-corrected chi connectivity index (χ0v) is 16.4. The molecular formula is C21H22BrN3O. The molecule has 0 atom stereocenters. The summed E-state index contributed by atoms with van der Waals surface area (Å²) >= 11 is 3.52. The van der Waals surface area contributed by atoms with Crippen molar-refractivity contribution in [3.8, 4) is 0 Å². The van der Waals surface area contributed by atoms with E-state index in [1.54, 1.807) is 0 Å². The van der Waals surface area contributed by atoms with Crippen LogP contribution in [0.4, 0.5) is 11.4 Å². The van der Waals surface area contributed by atoms with Crippen LogP contribution in [-0.2, 0) is 11.2 Å². The molecule has 0 spiro atoms. The van der Waals surface area contributed by atoms with Crippen molar-refractivity contribution < 1.29 is 4.79 Å². The molecule has 0 bridgehead atoms. The molecular weight excluding hydrogens is 390 g/mol. The van der Waals surface area contributed by atoms with E-state index < -0.39 is 0 Å². The summed E-state index contributed by atoms with van der Waals surface area (Å²) < 4.78 is 1.02. The number of aromatic nitrogens is 1. The molecule has 1 aromatic heterocycles. The number of nitrogens with zero attached hydrogens (tertiary/aromatic N) is 1. The molecule has 4 rings (SSSR count). The Labute approximate surface area is 161 Å². The topological polar surface area (TPSA) is 48.1 Å². The van der Waals surface area contributed by atoms with E-state index >= 15 is 0 Å². The predicted octanol–water partition coefficient (Wildman–Crippen LogP) is 5.02. The number of carbonyl (C=O) groups excluding carboxylic acids is 1. The number of anilines is 2. The molecule has 1 amide bonds. The van der Waals surface area contributed by atoms with Gasteiger partial charge in [0.2, 0.25) is 5.91 Å². The summed E-state index contributed by atoms with van der Waals surface area (Å²) in [6.07, 6.45) is 2.79. The number of aryl methyl sites for hydroxylation is 1. The summed E-state index contributed by atoms with van der Waals surface area (Å²) in [7, 11) is 0. The number of fused-ring (bicyclic) bond motifs is 1. The number of halogens is 1. The number of nitrogens with one attached hydrogen (secondary N) is 2. The van der Waals surface area contributed by atoms with Gasteiger partial charge < -0.3 is 15.2 Å². The van der Waals surface area contributed by atoms with Crippen molar-refractivity contribution in [2.24, 2.45) is 0 Å². The maximum atomic E-state index is 12.8. The van der Waals surface area contributed by atoms with Crippen LogP contribution in [0.2, 0.25) is 0 Å². The predicted molar refractivity (Wildman–Crippen MR) is 111 cm³/mol. The first-order chi connectivity index (χ1) is 12.6. The van der Waals surface area contributed by atoms with Gasteiger partial charge in [0.05, 0.1) is 17.8 Å². The van der Waals surface area contributed by atoms with Gasteiger partial charge in [0.15, 0.2) is 0 Å². The van der Waals surface area contributed by atoms with Gasteiger partial charge >= 0.3 is 0 Å². The van der Waals surface area contributed by atoms with E-state index in [0.29, 0.717) is 6.42 Å². The number of hydrogen-bond acceptors (Lipinski definition) is 2. The average Bonchev–Trinajstić information content (AvgIpc) is 3.25. The minimum absolute atomic E-state index is 0.0145. The van der Waals surface area contributed by atoms with Crippen LogP contribution in [0.3, 0.4) is 0 Å². The van der Waals surface area contributed by atoms with Crippen molar-refractivity contribution in [2.75, 3.05) is 23.3 Å². The Kier molecular flexibility index (Phi) is 4.72. The maximum Gasteiger partial charge on any atom is 0.228 e. The second kappa shape index (κ2) is 7.16. The second-order valence-corrected chi connectivity index (χ2v) is 7.77. The van der Waals surface area contributed by atoms with Crippen LogP contribution in [-0.4, -0.2) is 24.0 Å². The average molecular weight is 412 g/mol. The molecule has 1 saturated heterocycles.